The summed E-state index contributed by atoms with van der Waals surface area (Å²) in [4.78, 5) is 7.57. The van der Waals surface area contributed by atoms with Gasteiger partial charge in [0.15, 0.2) is 5.69 Å². The van der Waals surface area contributed by atoms with Crippen LogP contribution in [0.25, 0.3) is 11.3 Å². The lowest BCUT2D eigenvalue weighted by molar-refractivity contribution is -0.141. The highest BCUT2D eigenvalue weighted by atomic mass is 35.5. The Morgan fingerprint density at radius 1 is 0.963 bits per heavy atom. The summed E-state index contributed by atoms with van der Waals surface area (Å²) < 4.78 is 39.5. The van der Waals surface area contributed by atoms with Crippen molar-refractivity contribution in [2.75, 3.05) is 5.43 Å². The molecule has 0 unspecified atom stereocenters. The summed E-state index contributed by atoms with van der Waals surface area (Å²) in [5.74, 6) is -0.293. The quantitative estimate of drug-likeness (QED) is 0.429. The Labute approximate surface area is 162 Å². The number of hydrazone groups is 1. The van der Waals surface area contributed by atoms with Crippen LogP contribution in [0.5, 0.6) is 0 Å². The highest BCUT2D eigenvalue weighted by Crippen LogP contribution is 2.31. The van der Waals surface area contributed by atoms with Crippen molar-refractivity contribution in [2.45, 2.75) is 6.18 Å². The Bertz CT molecular complexity index is 973. The molecular weight excluding hydrogens is 400 g/mol. The molecule has 0 bridgehead atoms. The number of hydrogen-bond donors (Lipinski definition) is 1. The number of anilines is 1. The van der Waals surface area contributed by atoms with Gasteiger partial charge < -0.3 is 0 Å². The van der Waals surface area contributed by atoms with Crippen LogP contribution in [0.15, 0.2) is 59.7 Å². The van der Waals surface area contributed by atoms with E-state index in [1.807, 2.05) is 0 Å². The summed E-state index contributed by atoms with van der Waals surface area (Å²) >= 11 is 11.8. The molecule has 4 nitrogen and oxygen atoms in total. The van der Waals surface area contributed by atoms with Gasteiger partial charge in [-0.1, -0.05) is 53.5 Å². The minimum atomic E-state index is -4.63. The van der Waals surface area contributed by atoms with E-state index in [2.05, 4.69) is 20.5 Å². The molecule has 1 aromatic heterocycles. The maximum absolute atomic E-state index is 13.2. The molecule has 0 amide bonds. The third-order valence-corrected chi connectivity index (χ3v) is 4.03. The van der Waals surface area contributed by atoms with Crippen molar-refractivity contribution in [3.63, 3.8) is 0 Å². The lowest BCUT2D eigenvalue weighted by Gasteiger charge is -2.10. The molecule has 0 saturated heterocycles. The van der Waals surface area contributed by atoms with E-state index in [1.54, 1.807) is 48.5 Å². The number of nitrogens with one attached hydrogen (secondary N) is 1. The fraction of sp³-hybridized carbons (Fsp3) is 0.0556. The summed E-state index contributed by atoms with van der Waals surface area (Å²) in [7, 11) is 0. The van der Waals surface area contributed by atoms with Crippen LogP contribution >= 0.6 is 23.2 Å². The Morgan fingerprint density at radius 3 is 2.33 bits per heavy atom. The molecular formula is C18H11Cl2F3N4. The van der Waals surface area contributed by atoms with Gasteiger partial charge in [0.1, 0.15) is 0 Å². The maximum Gasteiger partial charge on any atom is 0.433 e. The minimum Gasteiger partial charge on any atom is -0.245 e. The van der Waals surface area contributed by atoms with E-state index in [1.165, 1.54) is 6.21 Å². The van der Waals surface area contributed by atoms with Gasteiger partial charge in [-0.2, -0.15) is 18.3 Å². The predicted octanol–water partition coefficient (Wildman–Crippen LogP) is 5.92. The predicted molar refractivity (Wildman–Crippen MR) is 100 cm³/mol. The molecule has 138 valence electrons. The largest absolute Gasteiger partial charge is 0.433 e. The average molecular weight is 411 g/mol. The third-order valence-electron chi connectivity index (χ3n) is 3.43. The first-order chi connectivity index (χ1) is 12.8. The second kappa shape index (κ2) is 7.94. The summed E-state index contributed by atoms with van der Waals surface area (Å²) in [6.45, 7) is 0. The first kappa shape index (κ1) is 19.1. The van der Waals surface area contributed by atoms with Crippen molar-refractivity contribution >= 4 is 35.4 Å². The highest BCUT2D eigenvalue weighted by Gasteiger charge is 2.33. The maximum atomic E-state index is 13.2. The Kier molecular flexibility index (Phi) is 5.62. The number of benzene rings is 2. The van der Waals surface area contributed by atoms with Crippen LogP contribution in [-0.4, -0.2) is 16.2 Å². The van der Waals surface area contributed by atoms with Gasteiger partial charge in [-0.05, 0) is 24.3 Å². The van der Waals surface area contributed by atoms with Crippen LogP contribution in [-0.2, 0) is 6.18 Å². The number of rotatable bonds is 4. The molecule has 0 aliphatic carbocycles. The van der Waals surface area contributed by atoms with Crippen LogP contribution < -0.4 is 5.43 Å². The van der Waals surface area contributed by atoms with Crippen LogP contribution in [0.2, 0.25) is 10.0 Å². The van der Waals surface area contributed by atoms with E-state index in [0.717, 1.165) is 6.07 Å². The average Bonchev–Trinajstić information content (AvgIpc) is 2.63. The lowest BCUT2D eigenvalue weighted by Crippen LogP contribution is -2.11. The molecule has 3 aromatic rings. The van der Waals surface area contributed by atoms with Crippen LogP contribution in [0, 0.1) is 0 Å². The highest BCUT2D eigenvalue weighted by molar-refractivity contribution is 6.33. The monoisotopic (exact) mass is 410 g/mol. The molecule has 0 aliphatic heterocycles. The van der Waals surface area contributed by atoms with E-state index < -0.39 is 11.9 Å². The zero-order chi connectivity index (χ0) is 19.4. The fourth-order valence-corrected chi connectivity index (χ4v) is 2.46. The molecule has 0 radical (unpaired) electrons. The smallest absolute Gasteiger partial charge is 0.245 e. The lowest BCUT2D eigenvalue weighted by atomic mass is 10.1. The molecule has 27 heavy (non-hydrogen) atoms. The summed E-state index contributed by atoms with van der Waals surface area (Å²) in [6.07, 6.45) is -3.26. The van der Waals surface area contributed by atoms with E-state index in [0.29, 0.717) is 21.2 Å². The standard InChI is InChI=1S/C18H11Cl2F3N4/c19-13-7-5-11(6-8-13)15-9-16(18(21,22)23)26-17(25-15)27-24-10-12-3-1-2-4-14(12)20/h1-10H,(H,25,26,27)/b24-10-. The normalized spacial score (nSPS) is 11.7. The van der Waals surface area contributed by atoms with Crippen molar-refractivity contribution in [1.82, 2.24) is 9.97 Å². The van der Waals surface area contributed by atoms with Crippen molar-refractivity contribution in [3.05, 3.63) is 75.9 Å². The molecule has 3 rings (SSSR count). The second-order valence-corrected chi connectivity index (χ2v) is 6.20. The Hall–Kier alpha value is -2.64. The fourth-order valence-electron chi connectivity index (χ4n) is 2.15. The summed E-state index contributed by atoms with van der Waals surface area (Å²) in [6, 6.07) is 14.0. The van der Waals surface area contributed by atoms with Gasteiger partial charge in [0.05, 0.1) is 11.9 Å². The van der Waals surface area contributed by atoms with Gasteiger partial charge in [0.25, 0.3) is 0 Å². The molecule has 1 N–H and O–H groups in total. The van der Waals surface area contributed by atoms with Gasteiger partial charge >= 0.3 is 6.18 Å². The van der Waals surface area contributed by atoms with Gasteiger partial charge in [0, 0.05) is 21.2 Å². The first-order valence-electron chi connectivity index (χ1n) is 7.59. The topological polar surface area (TPSA) is 50.2 Å². The molecule has 1 heterocycles. The van der Waals surface area contributed by atoms with E-state index in [4.69, 9.17) is 23.2 Å². The van der Waals surface area contributed by atoms with Crippen LogP contribution in [0.3, 0.4) is 0 Å². The molecule has 0 aliphatic rings. The molecule has 2 aromatic carbocycles. The number of halogens is 5. The van der Waals surface area contributed by atoms with Gasteiger partial charge in [-0.15, -0.1) is 0 Å². The molecule has 0 fully saturated rings. The second-order valence-electron chi connectivity index (χ2n) is 5.36. The summed E-state index contributed by atoms with van der Waals surface area (Å²) in [5, 5.41) is 4.79. The van der Waals surface area contributed by atoms with Gasteiger partial charge in [-0.25, -0.2) is 15.4 Å². The number of nitrogens with zero attached hydrogens (tertiary/aromatic N) is 3. The van der Waals surface area contributed by atoms with Crippen molar-refractivity contribution in [2.24, 2.45) is 5.10 Å². The molecule has 0 spiro atoms. The zero-order valence-electron chi connectivity index (χ0n) is 13.5. The van der Waals surface area contributed by atoms with E-state index in [-0.39, 0.29) is 11.6 Å². The van der Waals surface area contributed by atoms with E-state index in [9.17, 15) is 13.2 Å². The first-order valence-corrected chi connectivity index (χ1v) is 8.34. The Balaban J connectivity index is 1.93. The number of alkyl halides is 3. The van der Waals surface area contributed by atoms with Crippen molar-refractivity contribution < 1.29 is 13.2 Å². The van der Waals surface area contributed by atoms with Crippen LogP contribution in [0.1, 0.15) is 11.3 Å². The Morgan fingerprint density at radius 2 is 1.67 bits per heavy atom. The number of hydrogen-bond acceptors (Lipinski definition) is 4. The third kappa shape index (κ3) is 4.96. The van der Waals surface area contributed by atoms with E-state index >= 15 is 0 Å². The van der Waals surface area contributed by atoms with Gasteiger partial charge in [0.2, 0.25) is 5.95 Å². The van der Waals surface area contributed by atoms with Crippen LogP contribution in [0.4, 0.5) is 19.1 Å². The van der Waals surface area contributed by atoms with Crippen molar-refractivity contribution in [3.8, 4) is 11.3 Å². The molecule has 0 saturated carbocycles. The SMILES string of the molecule is FC(F)(F)c1cc(-c2ccc(Cl)cc2)nc(N/N=C\c2ccccc2Cl)n1. The zero-order valence-corrected chi connectivity index (χ0v) is 15.0. The number of aromatic nitrogens is 2. The molecule has 0 atom stereocenters. The minimum absolute atomic E-state index is 0.0874. The molecule has 9 heteroatoms. The van der Waals surface area contributed by atoms with Gasteiger partial charge in [-0.3, -0.25) is 0 Å². The van der Waals surface area contributed by atoms with Crippen molar-refractivity contribution in [1.29, 1.82) is 0 Å². The summed E-state index contributed by atoms with van der Waals surface area (Å²) in [5.41, 5.74) is 2.48.